The van der Waals surface area contributed by atoms with Crippen molar-refractivity contribution in [2.75, 3.05) is 11.9 Å². The molecule has 1 aromatic heterocycles. The highest BCUT2D eigenvalue weighted by Crippen LogP contribution is 2.32. The molecular formula is C17H11F3N2O3. The Morgan fingerprint density at radius 2 is 1.72 bits per heavy atom. The minimum absolute atomic E-state index is 0.211. The number of alkyl halides is 3. The number of hydrogen-bond acceptors (Lipinski definition) is 4. The number of nitrogens with zero attached hydrogens (tertiary/aromatic N) is 2. The Hall–Kier alpha value is -3.16. The van der Waals surface area contributed by atoms with E-state index in [2.05, 4.69) is 4.98 Å². The molecule has 25 heavy (non-hydrogen) atoms. The summed E-state index contributed by atoms with van der Waals surface area (Å²) in [7, 11) is 1.19. The minimum atomic E-state index is -4.69. The van der Waals surface area contributed by atoms with Crippen LogP contribution in [-0.2, 0) is 6.18 Å². The van der Waals surface area contributed by atoms with Crippen molar-refractivity contribution in [1.29, 1.82) is 0 Å². The van der Waals surface area contributed by atoms with Gasteiger partial charge in [-0.1, -0.05) is 24.3 Å². The molecule has 0 saturated heterocycles. The van der Waals surface area contributed by atoms with Gasteiger partial charge in [-0.15, -0.1) is 0 Å². The van der Waals surface area contributed by atoms with Gasteiger partial charge in [0, 0.05) is 7.05 Å². The summed E-state index contributed by atoms with van der Waals surface area (Å²) >= 11 is 0. The lowest BCUT2D eigenvalue weighted by Crippen LogP contribution is -2.30. The van der Waals surface area contributed by atoms with Gasteiger partial charge >= 0.3 is 17.8 Å². The first kappa shape index (κ1) is 16.7. The Morgan fingerprint density at radius 3 is 2.44 bits per heavy atom. The Labute approximate surface area is 139 Å². The molecule has 0 atom stereocenters. The van der Waals surface area contributed by atoms with E-state index in [1.54, 1.807) is 12.1 Å². The van der Waals surface area contributed by atoms with Gasteiger partial charge in [0.1, 0.15) is 0 Å². The molecule has 8 heteroatoms. The van der Waals surface area contributed by atoms with Gasteiger partial charge in [-0.2, -0.15) is 18.2 Å². The second kappa shape index (κ2) is 6.04. The van der Waals surface area contributed by atoms with Crippen LogP contribution in [-0.4, -0.2) is 17.9 Å². The molecule has 0 unspecified atom stereocenters. The highest BCUT2D eigenvalue weighted by molar-refractivity contribution is 6.05. The fraction of sp³-hybridized carbons (Fsp3) is 0.118. The van der Waals surface area contributed by atoms with Crippen molar-refractivity contribution in [3.8, 4) is 0 Å². The molecule has 0 saturated carbocycles. The van der Waals surface area contributed by atoms with Gasteiger partial charge in [0.15, 0.2) is 0 Å². The van der Waals surface area contributed by atoms with Crippen molar-refractivity contribution in [3.63, 3.8) is 0 Å². The highest BCUT2D eigenvalue weighted by atomic mass is 19.4. The van der Waals surface area contributed by atoms with E-state index >= 15 is 0 Å². The van der Waals surface area contributed by atoms with E-state index in [-0.39, 0.29) is 16.9 Å². The summed E-state index contributed by atoms with van der Waals surface area (Å²) < 4.78 is 44.2. The van der Waals surface area contributed by atoms with Crippen molar-refractivity contribution in [1.82, 2.24) is 4.98 Å². The van der Waals surface area contributed by atoms with Crippen LogP contribution in [0.25, 0.3) is 10.9 Å². The molecule has 0 bridgehead atoms. The number of aromatic nitrogens is 1. The number of para-hydroxylation sites is 1. The Morgan fingerprint density at radius 1 is 1.08 bits per heavy atom. The second-order valence-electron chi connectivity index (χ2n) is 5.21. The zero-order valence-electron chi connectivity index (χ0n) is 12.9. The van der Waals surface area contributed by atoms with Crippen molar-refractivity contribution in [2.45, 2.75) is 6.18 Å². The SMILES string of the molecule is CN(C(=O)c1ccccc1C(F)(F)F)c1nc2ccccc2c(=O)o1. The molecule has 0 N–H and O–H groups in total. The summed E-state index contributed by atoms with van der Waals surface area (Å²) in [4.78, 5) is 29.3. The average molecular weight is 348 g/mol. The summed E-state index contributed by atoms with van der Waals surface area (Å²) in [5.41, 5.74) is -2.09. The van der Waals surface area contributed by atoms with E-state index in [9.17, 15) is 22.8 Å². The molecule has 1 heterocycles. The lowest BCUT2D eigenvalue weighted by atomic mass is 10.1. The Balaban J connectivity index is 2.06. The van der Waals surface area contributed by atoms with Crippen LogP contribution in [0.5, 0.6) is 0 Å². The maximum Gasteiger partial charge on any atom is 0.417 e. The van der Waals surface area contributed by atoms with Gasteiger partial charge in [-0.05, 0) is 24.3 Å². The zero-order valence-corrected chi connectivity index (χ0v) is 12.9. The summed E-state index contributed by atoms with van der Waals surface area (Å²) in [6.07, 6.45) is -4.69. The number of rotatable bonds is 2. The van der Waals surface area contributed by atoms with Crippen LogP contribution >= 0.6 is 0 Å². The molecule has 0 radical (unpaired) electrons. The van der Waals surface area contributed by atoms with Crippen LogP contribution in [0.3, 0.4) is 0 Å². The van der Waals surface area contributed by atoms with Gasteiger partial charge in [0.25, 0.3) is 5.91 Å². The molecule has 128 valence electrons. The number of hydrogen-bond donors (Lipinski definition) is 0. The molecule has 5 nitrogen and oxygen atoms in total. The first-order valence-corrected chi connectivity index (χ1v) is 7.13. The minimum Gasteiger partial charge on any atom is -0.388 e. The predicted molar refractivity (Wildman–Crippen MR) is 84.5 cm³/mol. The van der Waals surface area contributed by atoms with Gasteiger partial charge in [-0.25, -0.2) is 4.79 Å². The maximum atomic E-state index is 13.1. The van der Waals surface area contributed by atoms with E-state index in [4.69, 9.17) is 4.42 Å². The van der Waals surface area contributed by atoms with Crippen molar-refractivity contribution in [2.24, 2.45) is 0 Å². The summed E-state index contributed by atoms with van der Waals surface area (Å²) in [5.74, 6) is -0.987. The number of amides is 1. The van der Waals surface area contributed by atoms with Gasteiger partial charge in [-0.3, -0.25) is 9.69 Å². The lowest BCUT2D eigenvalue weighted by Gasteiger charge is -2.17. The topological polar surface area (TPSA) is 63.4 Å². The molecule has 3 aromatic rings. The fourth-order valence-corrected chi connectivity index (χ4v) is 2.34. The molecule has 0 aliphatic heterocycles. The molecular weight excluding hydrogens is 337 g/mol. The molecule has 3 rings (SSSR count). The molecule has 1 amide bonds. The normalized spacial score (nSPS) is 11.5. The first-order valence-electron chi connectivity index (χ1n) is 7.13. The zero-order chi connectivity index (χ0) is 18.2. The maximum absolute atomic E-state index is 13.1. The lowest BCUT2D eigenvalue weighted by molar-refractivity contribution is -0.137. The summed E-state index contributed by atoms with van der Waals surface area (Å²) in [5, 5.41) is 0.211. The van der Waals surface area contributed by atoms with Gasteiger partial charge < -0.3 is 4.42 Å². The molecule has 2 aromatic carbocycles. The number of carbonyl (C=O) groups excluding carboxylic acids is 1. The summed E-state index contributed by atoms with van der Waals surface area (Å²) in [6.45, 7) is 0. The number of anilines is 1. The number of halogens is 3. The third-order valence-corrected chi connectivity index (χ3v) is 3.58. The van der Waals surface area contributed by atoms with Gasteiger partial charge in [0.05, 0.1) is 22.0 Å². The largest absolute Gasteiger partial charge is 0.417 e. The van der Waals surface area contributed by atoms with Crippen LogP contribution < -0.4 is 10.5 Å². The monoisotopic (exact) mass is 348 g/mol. The quantitative estimate of drug-likeness (QED) is 0.711. The van der Waals surface area contributed by atoms with Crippen molar-refractivity contribution in [3.05, 3.63) is 70.1 Å². The van der Waals surface area contributed by atoms with E-state index in [1.165, 1.54) is 31.3 Å². The molecule has 0 spiro atoms. The molecule has 0 fully saturated rings. The third-order valence-electron chi connectivity index (χ3n) is 3.58. The van der Waals surface area contributed by atoms with Crippen molar-refractivity contribution < 1.29 is 22.4 Å². The van der Waals surface area contributed by atoms with Crippen molar-refractivity contribution >= 4 is 22.8 Å². The summed E-state index contributed by atoms with van der Waals surface area (Å²) in [6, 6.07) is 10.3. The standard InChI is InChI=1S/C17H11F3N2O3/c1-22(14(23)10-6-2-4-8-12(10)17(18,19)20)16-21-13-9-5-3-7-11(13)15(24)25-16/h2-9H,1H3. The fourth-order valence-electron chi connectivity index (χ4n) is 2.34. The number of benzene rings is 2. The van der Waals surface area contributed by atoms with E-state index in [0.29, 0.717) is 0 Å². The van der Waals surface area contributed by atoms with Gasteiger partial charge in [0.2, 0.25) is 0 Å². The Bertz CT molecular complexity index is 1010. The van der Waals surface area contributed by atoms with Crippen LogP contribution in [0, 0.1) is 0 Å². The molecule has 0 aliphatic rings. The Kier molecular flexibility index (Phi) is 4.03. The van der Waals surface area contributed by atoms with Crippen LogP contribution in [0.4, 0.5) is 19.2 Å². The van der Waals surface area contributed by atoms with Crippen LogP contribution in [0.15, 0.2) is 57.7 Å². The van der Waals surface area contributed by atoms with Crippen LogP contribution in [0.2, 0.25) is 0 Å². The predicted octanol–water partition coefficient (Wildman–Crippen LogP) is 3.48. The second-order valence-corrected chi connectivity index (χ2v) is 5.21. The van der Waals surface area contributed by atoms with Crippen LogP contribution in [0.1, 0.15) is 15.9 Å². The van der Waals surface area contributed by atoms with E-state index < -0.39 is 28.8 Å². The number of fused-ring (bicyclic) bond motifs is 1. The number of carbonyl (C=O) groups is 1. The first-order chi connectivity index (χ1) is 11.8. The van der Waals surface area contributed by atoms with E-state index in [1.807, 2.05) is 0 Å². The average Bonchev–Trinajstić information content (AvgIpc) is 2.59. The van der Waals surface area contributed by atoms with E-state index in [0.717, 1.165) is 17.0 Å². The molecule has 0 aliphatic carbocycles. The third kappa shape index (κ3) is 3.10. The smallest absolute Gasteiger partial charge is 0.388 e. The highest BCUT2D eigenvalue weighted by Gasteiger charge is 2.36.